The van der Waals surface area contributed by atoms with Crippen molar-refractivity contribution in [3.8, 4) is 11.5 Å². The van der Waals surface area contributed by atoms with Gasteiger partial charge < -0.3 is 15.2 Å². The Balaban J connectivity index is 1.41. The van der Waals surface area contributed by atoms with Crippen LogP contribution < -0.4 is 10.1 Å². The van der Waals surface area contributed by atoms with Crippen LogP contribution in [0.3, 0.4) is 0 Å². The summed E-state index contributed by atoms with van der Waals surface area (Å²) in [6.45, 7) is 8.00. The minimum atomic E-state index is -1.15. The lowest BCUT2D eigenvalue weighted by atomic mass is 9.87. The maximum Gasteiger partial charge on any atom is 0.326 e. The third-order valence-corrected chi connectivity index (χ3v) is 9.25. The van der Waals surface area contributed by atoms with Crippen molar-refractivity contribution in [1.82, 2.24) is 10.3 Å². The first-order valence-corrected chi connectivity index (χ1v) is 15.6. The van der Waals surface area contributed by atoms with E-state index in [2.05, 4.69) is 38.2 Å². The predicted octanol–water partition coefficient (Wildman–Crippen LogP) is 7.75. The number of ketones is 1. The van der Waals surface area contributed by atoms with Crippen molar-refractivity contribution in [2.45, 2.75) is 77.7 Å². The molecule has 5 rings (SSSR count). The Morgan fingerprint density at radius 2 is 1.70 bits per heavy atom. The second-order valence-corrected chi connectivity index (χ2v) is 13.6. The van der Waals surface area contributed by atoms with Gasteiger partial charge in [-0.05, 0) is 78.1 Å². The second-order valence-electron chi connectivity index (χ2n) is 12.5. The number of aliphatic carboxylic acids is 1. The Bertz CT molecular complexity index is 1650. The van der Waals surface area contributed by atoms with Gasteiger partial charge in [0.15, 0.2) is 5.78 Å². The van der Waals surface area contributed by atoms with Crippen LogP contribution in [0.15, 0.2) is 60.7 Å². The molecule has 2 heterocycles. The molecule has 1 atom stereocenters. The number of hydrogen-bond acceptors (Lipinski definition) is 6. The molecule has 8 heteroatoms. The van der Waals surface area contributed by atoms with E-state index in [9.17, 15) is 19.5 Å². The van der Waals surface area contributed by atoms with Crippen LogP contribution >= 0.6 is 11.3 Å². The van der Waals surface area contributed by atoms with Gasteiger partial charge in [-0.2, -0.15) is 0 Å². The monoisotopic (exact) mass is 598 g/mol. The van der Waals surface area contributed by atoms with Gasteiger partial charge in [0, 0.05) is 22.4 Å². The normalized spacial score (nSPS) is 14.5. The van der Waals surface area contributed by atoms with Crippen LogP contribution in [0.2, 0.25) is 0 Å². The van der Waals surface area contributed by atoms with Crippen LogP contribution in [0.4, 0.5) is 0 Å². The molecule has 0 unspecified atom stereocenters. The molecule has 224 valence electrons. The highest BCUT2D eigenvalue weighted by Gasteiger charge is 2.25. The zero-order valence-electron chi connectivity index (χ0n) is 25.1. The van der Waals surface area contributed by atoms with Crippen molar-refractivity contribution in [3.05, 3.63) is 87.4 Å². The molecular formula is C35H38N2O5S. The van der Waals surface area contributed by atoms with Crippen molar-refractivity contribution in [3.63, 3.8) is 0 Å². The van der Waals surface area contributed by atoms with Gasteiger partial charge in [0.1, 0.15) is 23.2 Å². The number of carboxylic acid groups (broad SMARTS) is 1. The van der Waals surface area contributed by atoms with Gasteiger partial charge in [0.2, 0.25) is 0 Å². The van der Waals surface area contributed by atoms with Gasteiger partial charge in [0.05, 0.1) is 4.88 Å². The number of amides is 1. The number of carboxylic acids is 1. The van der Waals surface area contributed by atoms with Crippen LogP contribution in [0.5, 0.6) is 11.5 Å². The summed E-state index contributed by atoms with van der Waals surface area (Å²) in [5.74, 6) is 0.169. The van der Waals surface area contributed by atoms with Gasteiger partial charge in [0.25, 0.3) is 5.91 Å². The third-order valence-electron chi connectivity index (χ3n) is 8.05. The van der Waals surface area contributed by atoms with E-state index in [0.29, 0.717) is 21.4 Å². The number of nitrogens with zero attached hydrogens (tertiary/aromatic N) is 1. The first-order valence-electron chi connectivity index (χ1n) is 14.8. The number of thiophene rings is 1. The van der Waals surface area contributed by atoms with Gasteiger partial charge >= 0.3 is 5.97 Å². The lowest BCUT2D eigenvalue weighted by Gasteiger charge is -2.19. The molecule has 43 heavy (non-hydrogen) atoms. The fourth-order valence-corrected chi connectivity index (χ4v) is 6.54. The quantitative estimate of drug-likeness (QED) is 0.181. The summed E-state index contributed by atoms with van der Waals surface area (Å²) in [6, 6.07) is 17.9. The molecule has 0 aliphatic heterocycles. The molecule has 7 nitrogen and oxygen atoms in total. The highest BCUT2D eigenvalue weighted by Crippen LogP contribution is 2.33. The molecule has 2 aromatic heterocycles. The zero-order chi connectivity index (χ0) is 30.7. The number of carbonyl (C=O) groups is 3. The van der Waals surface area contributed by atoms with Crippen molar-refractivity contribution >= 4 is 39.8 Å². The number of nitrogens with one attached hydrogen (secondary N) is 1. The average molecular weight is 599 g/mol. The Morgan fingerprint density at radius 1 is 1.00 bits per heavy atom. The lowest BCUT2D eigenvalue weighted by Crippen LogP contribution is -2.42. The highest BCUT2D eigenvalue weighted by atomic mass is 32.1. The number of benzene rings is 2. The number of ether oxygens (including phenoxy) is 1. The predicted molar refractivity (Wildman–Crippen MR) is 170 cm³/mol. The molecule has 0 saturated heterocycles. The van der Waals surface area contributed by atoms with E-state index in [4.69, 9.17) is 9.72 Å². The summed E-state index contributed by atoms with van der Waals surface area (Å²) in [6.07, 6.45) is 5.46. The smallest absolute Gasteiger partial charge is 0.326 e. The minimum absolute atomic E-state index is 0.0553. The Morgan fingerprint density at radius 3 is 2.33 bits per heavy atom. The van der Waals surface area contributed by atoms with E-state index in [1.54, 1.807) is 18.2 Å². The van der Waals surface area contributed by atoms with E-state index >= 15 is 0 Å². The lowest BCUT2D eigenvalue weighted by molar-refractivity contribution is -0.139. The number of carbonyl (C=O) groups excluding carboxylic acids is 2. The van der Waals surface area contributed by atoms with E-state index in [0.717, 1.165) is 41.5 Å². The molecule has 0 radical (unpaired) electrons. The number of fused-ring (bicyclic) bond motifs is 1. The summed E-state index contributed by atoms with van der Waals surface area (Å²) in [7, 11) is 0. The molecule has 1 aliphatic carbocycles. The number of hydrogen-bond donors (Lipinski definition) is 2. The maximum absolute atomic E-state index is 13.4. The van der Waals surface area contributed by atoms with Crippen molar-refractivity contribution in [1.29, 1.82) is 0 Å². The molecule has 0 bridgehead atoms. The number of pyridine rings is 1. The van der Waals surface area contributed by atoms with Gasteiger partial charge in [-0.15, -0.1) is 11.3 Å². The van der Waals surface area contributed by atoms with Crippen LogP contribution in [-0.4, -0.2) is 33.8 Å². The highest BCUT2D eigenvalue weighted by molar-refractivity contribution is 7.14. The molecule has 1 fully saturated rings. The largest absolute Gasteiger partial charge is 0.480 e. The fraction of sp³-hybridized carbons (Fsp3) is 0.371. The SMILES string of the molecule is CC(=O)c1ccc(C[C@H](NC(=O)c2cc3ccc(Oc4ccc(C(C)(C)C)cc4)cc3c(CC3CCCC3)n2)C(=O)O)s1. The Labute approximate surface area is 256 Å². The maximum atomic E-state index is 13.4. The summed E-state index contributed by atoms with van der Waals surface area (Å²) >= 11 is 1.24. The van der Waals surface area contributed by atoms with E-state index in [1.165, 1.54) is 36.7 Å². The average Bonchev–Trinajstić information content (AvgIpc) is 3.65. The van der Waals surface area contributed by atoms with Crippen LogP contribution in [0.25, 0.3) is 10.8 Å². The van der Waals surface area contributed by atoms with Gasteiger partial charge in [-0.25, -0.2) is 9.78 Å². The van der Waals surface area contributed by atoms with Crippen molar-refractivity contribution < 1.29 is 24.2 Å². The topological polar surface area (TPSA) is 106 Å². The molecule has 1 amide bonds. The molecule has 1 aliphatic rings. The van der Waals surface area contributed by atoms with Crippen LogP contribution in [-0.2, 0) is 23.1 Å². The number of aromatic nitrogens is 1. The van der Waals surface area contributed by atoms with Gasteiger partial charge in [-0.1, -0.05) is 64.7 Å². The third kappa shape index (κ3) is 7.49. The van der Waals surface area contributed by atoms with E-state index in [-0.39, 0.29) is 23.3 Å². The number of rotatable bonds is 10. The first-order chi connectivity index (χ1) is 20.5. The van der Waals surface area contributed by atoms with E-state index < -0.39 is 17.9 Å². The summed E-state index contributed by atoms with van der Waals surface area (Å²) in [5.41, 5.74) is 2.29. The second kappa shape index (κ2) is 12.7. The van der Waals surface area contributed by atoms with Gasteiger partial charge in [-0.3, -0.25) is 9.59 Å². The standard InChI is InChI=1S/C35H38N2O5S/c1-21(38)32-16-15-27(43-32)20-31(34(40)41)37-33(39)30-18-23-9-12-26(42-25-13-10-24(11-14-25)35(2,3)4)19-28(23)29(36-30)17-22-7-5-6-8-22/h9-16,18-19,22,31H,5-8,17,20H2,1-4H3,(H,37,39)(H,40,41)/t31-/m0/s1. The molecule has 0 spiro atoms. The molecule has 2 N–H and O–H groups in total. The van der Waals surface area contributed by atoms with Crippen LogP contribution in [0.1, 0.15) is 89.7 Å². The fourth-order valence-electron chi connectivity index (χ4n) is 5.59. The molecule has 1 saturated carbocycles. The van der Waals surface area contributed by atoms with Crippen molar-refractivity contribution in [2.75, 3.05) is 0 Å². The summed E-state index contributed by atoms with van der Waals surface area (Å²) in [5, 5.41) is 14.3. The number of Topliss-reactive ketones (excluding diaryl/α,β-unsaturated/α-hetero) is 1. The minimum Gasteiger partial charge on any atom is -0.480 e. The molecule has 4 aromatic rings. The zero-order valence-corrected chi connectivity index (χ0v) is 25.9. The van der Waals surface area contributed by atoms with Crippen LogP contribution in [0, 0.1) is 5.92 Å². The first kappa shape index (κ1) is 30.4. The Hall–Kier alpha value is -4.04. The van der Waals surface area contributed by atoms with Crippen molar-refractivity contribution in [2.24, 2.45) is 5.92 Å². The molecular weight excluding hydrogens is 560 g/mol. The Kier molecular flexibility index (Phi) is 8.97. The molecule has 2 aromatic carbocycles. The summed E-state index contributed by atoms with van der Waals surface area (Å²) < 4.78 is 6.22. The van der Waals surface area contributed by atoms with E-state index in [1.807, 2.05) is 30.3 Å². The summed E-state index contributed by atoms with van der Waals surface area (Å²) in [4.78, 5) is 43.2.